The van der Waals surface area contributed by atoms with Crippen LogP contribution in [0.25, 0.3) is 21.3 Å². The van der Waals surface area contributed by atoms with E-state index in [9.17, 15) is 9.59 Å². The minimum absolute atomic E-state index is 0.0690. The van der Waals surface area contributed by atoms with Gasteiger partial charge in [0, 0.05) is 36.3 Å². The van der Waals surface area contributed by atoms with Gasteiger partial charge in [0.15, 0.2) is 5.13 Å². The molecule has 0 spiro atoms. The zero-order valence-corrected chi connectivity index (χ0v) is 21.2. The lowest BCUT2D eigenvalue weighted by Crippen LogP contribution is -2.46. The van der Waals surface area contributed by atoms with Crippen molar-refractivity contribution in [2.75, 3.05) is 25.5 Å². The van der Waals surface area contributed by atoms with E-state index < -0.39 is 0 Å². The summed E-state index contributed by atoms with van der Waals surface area (Å²) in [5.74, 6) is 0.104. The summed E-state index contributed by atoms with van der Waals surface area (Å²) in [4.78, 5) is 36.4. The molecule has 2 aromatic heterocycles. The number of likely N-dealkylation sites (tertiary alicyclic amines) is 1. The van der Waals surface area contributed by atoms with Crippen LogP contribution in [0.5, 0.6) is 0 Å². The molecule has 2 unspecified atom stereocenters. The molecule has 5 rings (SSSR count). The van der Waals surface area contributed by atoms with E-state index in [4.69, 9.17) is 11.6 Å². The molecule has 182 valence electrons. The van der Waals surface area contributed by atoms with Crippen LogP contribution in [0.2, 0.25) is 5.02 Å². The molecule has 1 aliphatic rings. The second-order valence-electron chi connectivity index (χ2n) is 8.82. The number of hydrogen-bond donors (Lipinski definition) is 3. The van der Waals surface area contributed by atoms with Gasteiger partial charge >= 0.3 is 0 Å². The minimum atomic E-state index is -0.318. The molecule has 4 aromatic rings. The number of carbonyl (C=O) groups excluding carboxylic acids is 2. The second kappa shape index (κ2) is 9.44. The first-order valence-electron chi connectivity index (χ1n) is 11.4. The lowest BCUT2D eigenvalue weighted by Gasteiger charge is -2.21. The Bertz CT molecular complexity index is 1430. The Balaban J connectivity index is 1.26. The van der Waals surface area contributed by atoms with E-state index in [-0.39, 0.29) is 30.4 Å². The number of imidazole rings is 1. The molecule has 1 fully saturated rings. The van der Waals surface area contributed by atoms with Gasteiger partial charge in [0.2, 0.25) is 11.9 Å². The van der Waals surface area contributed by atoms with Crippen molar-refractivity contribution >= 4 is 67.1 Å². The molecule has 1 saturated heterocycles. The minimum Gasteiger partial charge on any atom is -0.350 e. The number of nitrogens with one attached hydrogen (secondary N) is 3. The molecule has 2 aromatic carbocycles. The molecule has 2 amide bonds. The summed E-state index contributed by atoms with van der Waals surface area (Å²) in [6.45, 7) is 2.97. The quantitative estimate of drug-likeness (QED) is 0.366. The molecule has 2 atom stereocenters. The molecule has 9 nitrogen and oxygen atoms in total. The average molecular weight is 512 g/mol. The number of carbonyl (C=O) groups is 2. The summed E-state index contributed by atoms with van der Waals surface area (Å²) in [6, 6.07) is 11.3. The largest absolute Gasteiger partial charge is 0.350 e. The Morgan fingerprint density at radius 2 is 1.97 bits per heavy atom. The molecule has 0 radical (unpaired) electrons. The zero-order chi connectivity index (χ0) is 24.7. The van der Waals surface area contributed by atoms with Gasteiger partial charge in [-0.1, -0.05) is 22.9 Å². The van der Waals surface area contributed by atoms with Crippen molar-refractivity contribution in [2.24, 2.45) is 7.05 Å². The number of halogens is 1. The van der Waals surface area contributed by atoms with E-state index in [1.807, 2.05) is 42.9 Å². The number of amides is 2. The third-order valence-corrected chi connectivity index (χ3v) is 7.71. The summed E-state index contributed by atoms with van der Waals surface area (Å²) in [5, 5.41) is 10.3. The second-order valence-corrected chi connectivity index (χ2v) is 10.3. The number of anilines is 2. The van der Waals surface area contributed by atoms with Crippen LogP contribution in [0.3, 0.4) is 0 Å². The highest BCUT2D eigenvalue weighted by molar-refractivity contribution is 7.22. The maximum atomic E-state index is 12.7. The summed E-state index contributed by atoms with van der Waals surface area (Å²) in [6.07, 6.45) is 0.912. The van der Waals surface area contributed by atoms with Gasteiger partial charge in [-0.3, -0.25) is 9.59 Å². The lowest BCUT2D eigenvalue weighted by molar-refractivity contribution is -0.120. The number of rotatable bonds is 6. The fourth-order valence-electron chi connectivity index (χ4n) is 4.31. The third-order valence-electron chi connectivity index (χ3n) is 6.54. The van der Waals surface area contributed by atoms with Crippen LogP contribution < -0.4 is 16.0 Å². The number of hydrogen-bond acceptors (Lipinski definition) is 7. The number of aryl methyl sites for hydroxylation is 1. The number of nitrogens with zero attached hydrogens (tertiary/aromatic N) is 4. The smallest absolute Gasteiger partial charge is 0.251 e. The van der Waals surface area contributed by atoms with Crippen molar-refractivity contribution in [3.05, 3.63) is 47.0 Å². The van der Waals surface area contributed by atoms with E-state index >= 15 is 0 Å². The Morgan fingerprint density at radius 3 is 2.74 bits per heavy atom. The van der Waals surface area contributed by atoms with Gasteiger partial charge in [-0.15, -0.1) is 0 Å². The van der Waals surface area contributed by atoms with E-state index in [0.717, 1.165) is 28.7 Å². The van der Waals surface area contributed by atoms with Crippen LogP contribution >= 0.6 is 22.9 Å². The summed E-state index contributed by atoms with van der Waals surface area (Å²) in [7, 11) is 3.94. The Hall–Kier alpha value is -3.21. The van der Waals surface area contributed by atoms with Crippen molar-refractivity contribution in [1.29, 1.82) is 0 Å². The standard InChI is InChI=1S/C24H26ClN7O2S/c1-13-16(8-9-31(13)2)27-21(33)12-26-22(34)14-4-7-19-18(10-14)28-23(32(19)3)30-24-29-17-6-5-15(25)11-20(17)35-24/h4-7,10-11,13,16H,8-9,12H2,1-3H3,(H,26,34)(H,27,33)(H,28,29,30). The van der Waals surface area contributed by atoms with Crippen molar-refractivity contribution < 1.29 is 9.59 Å². The Morgan fingerprint density at radius 1 is 1.14 bits per heavy atom. The molecule has 0 bridgehead atoms. The maximum Gasteiger partial charge on any atom is 0.251 e. The first-order valence-corrected chi connectivity index (χ1v) is 12.6. The molecule has 0 aliphatic carbocycles. The van der Waals surface area contributed by atoms with Crippen molar-refractivity contribution in [3.63, 3.8) is 0 Å². The molecule has 35 heavy (non-hydrogen) atoms. The van der Waals surface area contributed by atoms with Crippen molar-refractivity contribution in [1.82, 2.24) is 30.1 Å². The first kappa shape index (κ1) is 23.5. The predicted octanol–water partition coefficient (Wildman–Crippen LogP) is 3.52. The lowest BCUT2D eigenvalue weighted by atomic mass is 10.1. The Labute approximate surface area is 211 Å². The van der Waals surface area contributed by atoms with Gasteiger partial charge in [0.1, 0.15) is 0 Å². The van der Waals surface area contributed by atoms with E-state index in [0.29, 0.717) is 27.2 Å². The zero-order valence-electron chi connectivity index (χ0n) is 19.6. The SMILES string of the molecule is CC1C(NC(=O)CNC(=O)c2ccc3c(c2)nc(Nc2nc4ccc(Cl)cc4s2)n3C)CCN1C. The Kier molecular flexibility index (Phi) is 6.35. The molecular formula is C24H26ClN7O2S. The number of fused-ring (bicyclic) bond motifs is 2. The fraction of sp³-hybridized carbons (Fsp3) is 0.333. The van der Waals surface area contributed by atoms with E-state index in [1.54, 1.807) is 12.1 Å². The molecule has 1 aliphatic heterocycles. The molecular weight excluding hydrogens is 486 g/mol. The van der Waals surface area contributed by atoms with Gasteiger partial charge in [-0.2, -0.15) is 0 Å². The predicted molar refractivity (Wildman–Crippen MR) is 140 cm³/mol. The van der Waals surface area contributed by atoms with Crippen LogP contribution in [-0.4, -0.2) is 63.5 Å². The highest BCUT2D eigenvalue weighted by atomic mass is 35.5. The first-order chi connectivity index (χ1) is 16.8. The van der Waals surface area contributed by atoms with E-state index in [1.165, 1.54) is 11.3 Å². The van der Waals surface area contributed by atoms with Gasteiger partial charge in [-0.05, 0) is 56.8 Å². The fourth-order valence-corrected chi connectivity index (χ4v) is 5.44. The van der Waals surface area contributed by atoms with Crippen molar-refractivity contribution in [3.8, 4) is 0 Å². The van der Waals surface area contributed by atoms with Crippen LogP contribution in [0.1, 0.15) is 23.7 Å². The van der Waals surface area contributed by atoms with Gasteiger partial charge in [0.25, 0.3) is 5.91 Å². The van der Waals surface area contributed by atoms with E-state index in [2.05, 4.69) is 37.7 Å². The highest BCUT2D eigenvalue weighted by Gasteiger charge is 2.29. The topological polar surface area (TPSA) is 104 Å². The van der Waals surface area contributed by atoms with Gasteiger partial charge in [0.05, 0.1) is 27.8 Å². The normalized spacial score (nSPS) is 18.3. The molecule has 0 saturated carbocycles. The van der Waals surface area contributed by atoms with Crippen LogP contribution in [0.15, 0.2) is 36.4 Å². The monoisotopic (exact) mass is 511 g/mol. The van der Waals surface area contributed by atoms with Crippen LogP contribution in [0.4, 0.5) is 11.1 Å². The van der Waals surface area contributed by atoms with Crippen LogP contribution in [0, 0.1) is 0 Å². The van der Waals surface area contributed by atoms with Crippen LogP contribution in [-0.2, 0) is 11.8 Å². The highest BCUT2D eigenvalue weighted by Crippen LogP contribution is 2.31. The van der Waals surface area contributed by atoms with Gasteiger partial charge in [-0.25, -0.2) is 9.97 Å². The maximum absolute atomic E-state index is 12.7. The summed E-state index contributed by atoms with van der Waals surface area (Å²) < 4.78 is 2.89. The van der Waals surface area contributed by atoms with Crippen molar-refractivity contribution in [2.45, 2.75) is 25.4 Å². The third kappa shape index (κ3) is 4.82. The summed E-state index contributed by atoms with van der Waals surface area (Å²) in [5.41, 5.74) is 2.83. The average Bonchev–Trinajstić information content (AvgIpc) is 3.48. The number of benzene rings is 2. The number of aromatic nitrogens is 3. The summed E-state index contributed by atoms with van der Waals surface area (Å²) >= 11 is 7.57. The van der Waals surface area contributed by atoms with Gasteiger partial charge < -0.3 is 25.4 Å². The molecule has 11 heteroatoms. The number of likely N-dealkylation sites (N-methyl/N-ethyl adjacent to an activating group) is 1. The molecule has 3 N–H and O–H groups in total. The number of thiazole rings is 1. The molecule has 3 heterocycles.